The molecular weight excluding hydrogens is 588 g/mol. The fraction of sp³-hybridized carbons (Fsp3) is 0.314. The predicted molar refractivity (Wildman–Crippen MR) is 175 cm³/mol. The van der Waals surface area contributed by atoms with Gasteiger partial charge >= 0.3 is 5.97 Å². The van der Waals surface area contributed by atoms with Crippen LogP contribution in [-0.4, -0.2) is 43.0 Å². The second-order valence-electron chi connectivity index (χ2n) is 12.0. The Labute approximate surface area is 266 Å². The Kier molecular flexibility index (Phi) is 8.44. The number of esters is 1. The molecule has 0 unspecified atom stereocenters. The molecule has 1 fully saturated rings. The van der Waals surface area contributed by atoms with Crippen molar-refractivity contribution in [3.63, 3.8) is 0 Å². The number of thiophene rings is 1. The normalized spacial score (nSPS) is 14.6. The molecule has 1 saturated carbocycles. The van der Waals surface area contributed by atoms with Gasteiger partial charge in [0, 0.05) is 52.3 Å². The van der Waals surface area contributed by atoms with Gasteiger partial charge in [-0.15, -0.1) is 11.3 Å². The second-order valence-corrected chi connectivity index (χ2v) is 12.9. The third-order valence-electron chi connectivity index (χ3n) is 8.79. The Hall–Kier alpha value is -4.54. The van der Waals surface area contributed by atoms with Crippen LogP contribution < -0.4 is 21.1 Å². The fourth-order valence-electron chi connectivity index (χ4n) is 5.91. The lowest BCUT2D eigenvalue weighted by atomic mass is 9.70. The van der Waals surface area contributed by atoms with Crippen LogP contribution in [0, 0.1) is 12.3 Å². The number of aromatic nitrogens is 1. The molecule has 1 aliphatic heterocycles. The summed E-state index contributed by atoms with van der Waals surface area (Å²) in [4.78, 5) is 45.9. The Balaban J connectivity index is 1.45. The highest BCUT2D eigenvalue weighted by Crippen LogP contribution is 2.43. The summed E-state index contributed by atoms with van der Waals surface area (Å²) < 4.78 is 11.3. The zero-order chi connectivity index (χ0) is 31.7. The van der Waals surface area contributed by atoms with E-state index in [1.165, 1.54) is 7.11 Å². The molecule has 9 nitrogen and oxygen atoms in total. The number of benzene rings is 2. The Morgan fingerprint density at radius 2 is 1.87 bits per heavy atom. The molecule has 2 aromatic carbocycles. The van der Waals surface area contributed by atoms with E-state index in [1.807, 2.05) is 36.6 Å². The van der Waals surface area contributed by atoms with Crippen LogP contribution in [0.3, 0.4) is 0 Å². The molecule has 10 heteroatoms. The average Bonchev–Trinajstić information content (AvgIpc) is 3.43. The van der Waals surface area contributed by atoms with Crippen LogP contribution in [0.2, 0.25) is 0 Å². The van der Waals surface area contributed by atoms with Crippen molar-refractivity contribution >= 4 is 34.8 Å². The molecule has 4 N–H and O–H groups in total. The number of aryl methyl sites for hydroxylation is 1. The number of carbonyl (C=O) groups is 3. The zero-order valence-electron chi connectivity index (χ0n) is 25.6. The number of nitrogens with two attached hydrogens (primary N) is 1. The van der Waals surface area contributed by atoms with Crippen molar-refractivity contribution in [1.82, 2.24) is 10.3 Å². The van der Waals surface area contributed by atoms with Crippen LogP contribution in [-0.2, 0) is 17.7 Å². The molecule has 0 bridgehead atoms. The zero-order valence-corrected chi connectivity index (χ0v) is 26.4. The molecule has 45 heavy (non-hydrogen) atoms. The molecule has 3 heterocycles. The minimum atomic E-state index is -0.721. The van der Waals surface area contributed by atoms with Gasteiger partial charge in [-0.05, 0) is 83.6 Å². The summed E-state index contributed by atoms with van der Waals surface area (Å²) in [5.41, 5.74) is 11.4. The number of amides is 2. The maximum atomic E-state index is 14.1. The van der Waals surface area contributed by atoms with E-state index < -0.39 is 5.97 Å². The van der Waals surface area contributed by atoms with Gasteiger partial charge in [0.15, 0.2) is 5.69 Å². The lowest BCUT2D eigenvalue weighted by Crippen LogP contribution is -2.40. The molecule has 0 saturated heterocycles. The minimum absolute atomic E-state index is 0.0667. The van der Waals surface area contributed by atoms with Crippen LogP contribution in [0.4, 0.5) is 5.69 Å². The minimum Gasteiger partial charge on any atom is -0.493 e. The molecule has 2 aliphatic rings. The van der Waals surface area contributed by atoms with Crippen molar-refractivity contribution in [2.75, 3.05) is 25.6 Å². The molecule has 2 amide bonds. The van der Waals surface area contributed by atoms with Gasteiger partial charge in [-0.25, -0.2) is 9.78 Å². The number of fused-ring (bicyclic) bond motifs is 3. The standard InChI is InChI=1S/C35H36N4O5S/c1-20-15-21(18-36)5-7-27(20)39-32(40)25-16-26-29(44-13-9-22-10-14-45-31(22)26)17-24(25)23-6-8-28(38-30(23)34(42)43-3)33(41)37-19-35(2)11-4-12-35/h5-8,10,14-17H,4,9,11-13,18-19,36H2,1-3H3,(H,37,41)(H,39,40). The van der Waals surface area contributed by atoms with E-state index in [4.69, 9.17) is 15.2 Å². The van der Waals surface area contributed by atoms with Gasteiger partial charge in [-0.2, -0.15) is 0 Å². The van der Waals surface area contributed by atoms with Gasteiger partial charge in [0.25, 0.3) is 11.8 Å². The maximum Gasteiger partial charge on any atom is 0.357 e. The summed E-state index contributed by atoms with van der Waals surface area (Å²) in [5, 5.41) is 8.04. The molecule has 0 spiro atoms. The lowest BCUT2D eigenvalue weighted by Gasteiger charge is -2.38. The first-order chi connectivity index (χ1) is 21.7. The summed E-state index contributed by atoms with van der Waals surface area (Å²) in [7, 11) is 1.26. The first-order valence-corrected chi connectivity index (χ1v) is 15.9. The van der Waals surface area contributed by atoms with Crippen molar-refractivity contribution in [3.05, 3.63) is 87.6 Å². The lowest BCUT2D eigenvalue weighted by molar-refractivity contribution is 0.0594. The molecule has 4 aromatic rings. The SMILES string of the molecule is COC(=O)c1nc(C(=O)NCC2(C)CCC2)ccc1-c1cc2c(cc1C(=O)Nc1ccc(CN)cc1C)-c1sccc1CCO2. The number of methoxy groups -OCH3 is 1. The number of ether oxygens (including phenoxy) is 2. The number of carbonyl (C=O) groups excluding carboxylic acids is 3. The van der Waals surface area contributed by atoms with E-state index in [0.29, 0.717) is 47.8 Å². The molecule has 2 aromatic heterocycles. The molecule has 232 valence electrons. The number of anilines is 1. The molecule has 0 atom stereocenters. The number of hydrogen-bond donors (Lipinski definition) is 3. The number of pyridine rings is 1. The number of rotatable bonds is 8. The molecule has 1 aliphatic carbocycles. The van der Waals surface area contributed by atoms with Crippen LogP contribution in [0.25, 0.3) is 21.6 Å². The number of nitrogens with zero attached hydrogens (tertiary/aromatic N) is 1. The van der Waals surface area contributed by atoms with Crippen LogP contribution in [0.5, 0.6) is 5.75 Å². The third kappa shape index (κ3) is 6.08. The smallest absolute Gasteiger partial charge is 0.357 e. The Morgan fingerprint density at radius 1 is 1.04 bits per heavy atom. The van der Waals surface area contributed by atoms with E-state index in [1.54, 1.807) is 29.5 Å². The monoisotopic (exact) mass is 624 g/mol. The van der Waals surface area contributed by atoms with E-state index in [2.05, 4.69) is 28.6 Å². The summed E-state index contributed by atoms with van der Waals surface area (Å²) in [6.07, 6.45) is 4.00. The van der Waals surface area contributed by atoms with E-state index in [-0.39, 0.29) is 28.6 Å². The van der Waals surface area contributed by atoms with Crippen LogP contribution in [0.1, 0.15) is 74.2 Å². The average molecular weight is 625 g/mol. The van der Waals surface area contributed by atoms with Gasteiger partial charge in [0.2, 0.25) is 0 Å². The van der Waals surface area contributed by atoms with E-state index in [9.17, 15) is 14.4 Å². The first-order valence-electron chi connectivity index (χ1n) is 15.1. The second kappa shape index (κ2) is 12.5. The largest absolute Gasteiger partial charge is 0.493 e. The summed E-state index contributed by atoms with van der Waals surface area (Å²) in [6, 6.07) is 14.5. The molecule has 0 radical (unpaired) electrons. The van der Waals surface area contributed by atoms with Crippen LogP contribution >= 0.6 is 11.3 Å². The number of hydrogen-bond acceptors (Lipinski definition) is 8. The van der Waals surface area contributed by atoms with Crippen LogP contribution in [0.15, 0.2) is 53.9 Å². The summed E-state index contributed by atoms with van der Waals surface area (Å²) >= 11 is 1.59. The predicted octanol–water partition coefficient (Wildman–Crippen LogP) is 6.14. The van der Waals surface area contributed by atoms with Crippen molar-refractivity contribution in [1.29, 1.82) is 0 Å². The first kappa shape index (κ1) is 30.5. The fourth-order valence-corrected chi connectivity index (χ4v) is 6.88. The van der Waals surface area contributed by atoms with Crippen molar-refractivity contribution in [2.45, 2.75) is 46.1 Å². The Morgan fingerprint density at radius 3 is 2.58 bits per heavy atom. The van der Waals surface area contributed by atoms with E-state index >= 15 is 0 Å². The van der Waals surface area contributed by atoms with Crippen molar-refractivity contribution in [3.8, 4) is 27.3 Å². The van der Waals surface area contributed by atoms with Gasteiger partial charge in [-0.1, -0.05) is 25.5 Å². The highest BCUT2D eigenvalue weighted by Gasteiger charge is 2.32. The van der Waals surface area contributed by atoms with Gasteiger partial charge in [0.05, 0.1) is 13.7 Å². The van der Waals surface area contributed by atoms with Gasteiger partial charge in [-0.3, -0.25) is 9.59 Å². The highest BCUT2D eigenvalue weighted by molar-refractivity contribution is 7.13. The van der Waals surface area contributed by atoms with Gasteiger partial charge < -0.3 is 25.8 Å². The van der Waals surface area contributed by atoms with Crippen molar-refractivity contribution in [2.24, 2.45) is 11.1 Å². The van der Waals surface area contributed by atoms with E-state index in [0.717, 1.165) is 52.8 Å². The topological polar surface area (TPSA) is 133 Å². The number of nitrogens with one attached hydrogen (secondary N) is 2. The summed E-state index contributed by atoms with van der Waals surface area (Å²) in [5.74, 6) is -0.867. The molecular formula is C35H36N4O5S. The van der Waals surface area contributed by atoms with Crippen molar-refractivity contribution < 1.29 is 23.9 Å². The maximum absolute atomic E-state index is 14.1. The Bertz CT molecular complexity index is 1810. The highest BCUT2D eigenvalue weighted by atomic mass is 32.1. The quantitative estimate of drug-likeness (QED) is 0.201. The molecule has 6 rings (SSSR count). The summed E-state index contributed by atoms with van der Waals surface area (Å²) in [6.45, 7) is 5.45. The van der Waals surface area contributed by atoms with Gasteiger partial charge in [0.1, 0.15) is 11.4 Å². The third-order valence-corrected chi connectivity index (χ3v) is 9.78.